The molecule has 1 atom stereocenters. The number of anilines is 2. The molecule has 2 fully saturated rings. The average Bonchev–Trinajstić information content (AvgIpc) is 3.09. The molecule has 0 unspecified atom stereocenters. The van der Waals surface area contributed by atoms with E-state index in [1.807, 2.05) is 25.1 Å². The Bertz CT molecular complexity index is 837. The van der Waals surface area contributed by atoms with Gasteiger partial charge in [-0.25, -0.2) is 12.7 Å². The Labute approximate surface area is 160 Å². The highest BCUT2D eigenvalue weighted by Gasteiger charge is 2.31. The van der Waals surface area contributed by atoms with Gasteiger partial charge in [0.05, 0.1) is 11.7 Å². The molecule has 148 valence electrons. The van der Waals surface area contributed by atoms with Crippen molar-refractivity contribution in [2.45, 2.75) is 39.5 Å². The van der Waals surface area contributed by atoms with E-state index in [4.69, 9.17) is 0 Å². The minimum absolute atomic E-state index is 0.0481. The number of piperidine rings is 1. The first-order valence-corrected chi connectivity index (χ1v) is 11.1. The monoisotopic (exact) mass is 393 g/mol. The topological polar surface area (TPSA) is 86.8 Å². The van der Waals surface area contributed by atoms with Gasteiger partial charge in [-0.3, -0.25) is 9.59 Å². The zero-order valence-electron chi connectivity index (χ0n) is 15.9. The van der Waals surface area contributed by atoms with Crippen molar-refractivity contribution in [2.24, 2.45) is 5.92 Å². The summed E-state index contributed by atoms with van der Waals surface area (Å²) in [6, 6.07) is 5.55. The maximum atomic E-state index is 12.7. The number of aryl methyl sites for hydroxylation is 1. The fraction of sp³-hybridized carbons (Fsp3) is 0.579. The predicted molar refractivity (Wildman–Crippen MR) is 105 cm³/mol. The molecule has 0 aliphatic carbocycles. The van der Waals surface area contributed by atoms with Crippen molar-refractivity contribution in [2.75, 3.05) is 35.6 Å². The summed E-state index contributed by atoms with van der Waals surface area (Å²) in [6.45, 7) is 4.97. The van der Waals surface area contributed by atoms with Gasteiger partial charge in [-0.1, -0.05) is 6.07 Å². The lowest BCUT2D eigenvalue weighted by atomic mass is 9.98. The number of rotatable bonds is 5. The Balaban J connectivity index is 1.71. The van der Waals surface area contributed by atoms with Crippen LogP contribution < -0.4 is 10.2 Å². The summed E-state index contributed by atoms with van der Waals surface area (Å²) < 4.78 is 25.6. The highest BCUT2D eigenvalue weighted by molar-refractivity contribution is 7.89. The van der Waals surface area contributed by atoms with Gasteiger partial charge in [-0.2, -0.15) is 0 Å². The minimum Gasteiger partial charge on any atom is -0.326 e. The first-order valence-electron chi connectivity index (χ1n) is 9.51. The molecular formula is C19H27N3O4S. The first kappa shape index (κ1) is 19.8. The summed E-state index contributed by atoms with van der Waals surface area (Å²) in [4.78, 5) is 26.5. The zero-order chi connectivity index (χ0) is 19.6. The summed E-state index contributed by atoms with van der Waals surface area (Å²) in [5.41, 5.74) is 2.45. The third kappa shape index (κ3) is 4.32. The van der Waals surface area contributed by atoms with Crippen LogP contribution in [-0.2, 0) is 19.6 Å². The summed E-state index contributed by atoms with van der Waals surface area (Å²) in [7, 11) is -3.28. The highest BCUT2D eigenvalue weighted by atomic mass is 32.2. The van der Waals surface area contributed by atoms with Crippen LogP contribution in [0.1, 0.15) is 38.2 Å². The maximum Gasteiger partial charge on any atom is 0.228 e. The zero-order valence-corrected chi connectivity index (χ0v) is 16.7. The second-order valence-electron chi connectivity index (χ2n) is 7.24. The van der Waals surface area contributed by atoms with Crippen molar-refractivity contribution in [1.82, 2.24) is 4.31 Å². The van der Waals surface area contributed by atoms with Gasteiger partial charge in [0, 0.05) is 37.4 Å². The number of carbonyl (C=O) groups excluding carboxylic acids is 2. The summed E-state index contributed by atoms with van der Waals surface area (Å²) in [6.07, 6.45) is 2.75. The Morgan fingerprint density at radius 1 is 1.26 bits per heavy atom. The van der Waals surface area contributed by atoms with Crippen LogP contribution in [0.5, 0.6) is 0 Å². The van der Waals surface area contributed by atoms with E-state index >= 15 is 0 Å². The number of nitrogens with zero attached hydrogens (tertiary/aromatic N) is 2. The van der Waals surface area contributed by atoms with Crippen LogP contribution >= 0.6 is 0 Å². The Morgan fingerprint density at radius 3 is 2.70 bits per heavy atom. The fourth-order valence-corrected chi connectivity index (χ4v) is 4.90. The van der Waals surface area contributed by atoms with Gasteiger partial charge >= 0.3 is 0 Å². The number of amides is 2. The molecule has 1 aromatic carbocycles. The molecular weight excluding hydrogens is 366 g/mol. The Kier molecular flexibility index (Phi) is 5.86. The molecule has 8 heteroatoms. The summed E-state index contributed by atoms with van der Waals surface area (Å²) in [5.74, 6) is -0.381. The molecule has 2 heterocycles. The second kappa shape index (κ2) is 7.98. The largest absolute Gasteiger partial charge is 0.326 e. The van der Waals surface area contributed by atoms with E-state index in [1.54, 1.807) is 11.8 Å². The van der Waals surface area contributed by atoms with Crippen LogP contribution in [0.2, 0.25) is 0 Å². The van der Waals surface area contributed by atoms with Crippen molar-refractivity contribution in [3.05, 3.63) is 23.8 Å². The maximum absolute atomic E-state index is 12.7. The summed E-state index contributed by atoms with van der Waals surface area (Å²) >= 11 is 0. The quantitative estimate of drug-likeness (QED) is 0.830. The van der Waals surface area contributed by atoms with Gasteiger partial charge in [0.2, 0.25) is 21.8 Å². The van der Waals surface area contributed by atoms with E-state index in [0.717, 1.165) is 17.7 Å². The number of sulfonamides is 1. The normalized spacial score (nSPS) is 21.5. The van der Waals surface area contributed by atoms with Gasteiger partial charge < -0.3 is 10.2 Å². The van der Waals surface area contributed by atoms with Crippen molar-refractivity contribution in [3.63, 3.8) is 0 Å². The van der Waals surface area contributed by atoms with E-state index < -0.39 is 10.0 Å². The average molecular weight is 394 g/mol. The van der Waals surface area contributed by atoms with Crippen LogP contribution in [-0.4, -0.2) is 49.9 Å². The van der Waals surface area contributed by atoms with E-state index in [0.29, 0.717) is 38.0 Å². The minimum atomic E-state index is -3.28. The van der Waals surface area contributed by atoms with Gasteiger partial charge in [0.15, 0.2) is 0 Å². The van der Waals surface area contributed by atoms with Crippen molar-refractivity contribution < 1.29 is 18.0 Å². The van der Waals surface area contributed by atoms with Crippen LogP contribution in [0.4, 0.5) is 11.4 Å². The molecule has 0 saturated carbocycles. The molecule has 2 saturated heterocycles. The molecule has 3 rings (SSSR count). The Hall–Kier alpha value is -1.93. The van der Waals surface area contributed by atoms with Crippen LogP contribution in [0.3, 0.4) is 0 Å². The van der Waals surface area contributed by atoms with Crippen molar-refractivity contribution >= 4 is 33.2 Å². The Morgan fingerprint density at radius 2 is 2.04 bits per heavy atom. The third-order valence-electron chi connectivity index (χ3n) is 5.35. The van der Waals surface area contributed by atoms with E-state index in [2.05, 4.69) is 5.32 Å². The highest BCUT2D eigenvalue weighted by Crippen LogP contribution is 2.29. The molecule has 1 N–H and O–H groups in total. The lowest BCUT2D eigenvalue weighted by Crippen LogP contribution is -2.44. The standard InChI is InChI=1S/C19H27N3O4S/c1-3-27(25,26)21-10-4-6-15(13-21)19(24)20-16-9-8-14(2)17(12-16)22-11-5-7-18(22)23/h8-9,12,15H,3-7,10-11,13H2,1-2H3,(H,20,24)/t15-/m0/s1. The number of benzene rings is 1. The van der Waals surface area contributed by atoms with Crippen molar-refractivity contribution in [1.29, 1.82) is 0 Å². The number of nitrogens with one attached hydrogen (secondary N) is 1. The molecule has 27 heavy (non-hydrogen) atoms. The molecule has 2 aliphatic heterocycles. The number of hydrogen-bond acceptors (Lipinski definition) is 4. The summed E-state index contributed by atoms with van der Waals surface area (Å²) in [5, 5.41) is 2.91. The van der Waals surface area contributed by atoms with Crippen LogP contribution in [0.15, 0.2) is 18.2 Å². The molecule has 0 aromatic heterocycles. The SMILES string of the molecule is CCS(=O)(=O)N1CCC[C@H](C(=O)Nc2ccc(C)c(N3CCCC3=O)c2)C1. The molecule has 2 aliphatic rings. The smallest absolute Gasteiger partial charge is 0.228 e. The molecule has 1 aromatic rings. The number of hydrogen-bond donors (Lipinski definition) is 1. The molecule has 2 amide bonds. The van der Waals surface area contributed by atoms with Gasteiger partial charge in [-0.15, -0.1) is 0 Å². The van der Waals surface area contributed by atoms with E-state index in [9.17, 15) is 18.0 Å². The second-order valence-corrected chi connectivity index (χ2v) is 9.49. The van der Waals surface area contributed by atoms with Crippen LogP contribution in [0, 0.1) is 12.8 Å². The molecule has 7 nitrogen and oxygen atoms in total. The number of carbonyl (C=O) groups is 2. The van der Waals surface area contributed by atoms with Gasteiger partial charge in [0.25, 0.3) is 0 Å². The van der Waals surface area contributed by atoms with E-state index in [1.165, 1.54) is 4.31 Å². The van der Waals surface area contributed by atoms with E-state index in [-0.39, 0.29) is 30.0 Å². The first-order chi connectivity index (χ1) is 12.8. The molecule has 0 radical (unpaired) electrons. The fourth-order valence-electron chi connectivity index (χ4n) is 3.72. The molecule has 0 spiro atoms. The van der Waals surface area contributed by atoms with Gasteiger partial charge in [-0.05, 0) is 50.8 Å². The lowest BCUT2D eigenvalue weighted by Gasteiger charge is -2.31. The van der Waals surface area contributed by atoms with Crippen molar-refractivity contribution in [3.8, 4) is 0 Å². The third-order valence-corrected chi connectivity index (χ3v) is 7.20. The molecule has 0 bridgehead atoms. The van der Waals surface area contributed by atoms with Gasteiger partial charge in [0.1, 0.15) is 0 Å². The lowest BCUT2D eigenvalue weighted by molar-refractivity contribution is -0.121. The predicted octanol–water partition coefficient (Wildman–Crippen LogP) is 2.12. The van der Waals surface area contributed by atoms with Crippen LogP contribution in [0.25, 0.3) is 0 Å².